The van der Waals surface area contributed by atoms with Crippen molar-refractivity contribution in [2.24, 2.45) is 0 Å². The molecular weight excluding hydrogens is 675 g/mol. The number of alkyl halides is 2. The van der Waals surface area contributed by atoms with E-state index in [1.807, 2.05) is 0 Å². The number of hydrogen-bond donors (Lipinski definition) is 3. The maximum Gasteiger partial charge on any atom is 0.322 e. The Kier molecular flexibility index (Phi) is 11.2. The number of urea groups is 1. The predicted octanol–water partition coefficient (Wildman–Crippen LogP) is 6.46. The van der Waals surface area contributed by atoms with Crippen LogP contribution in [0.3, 0.4) is 0 Å². The van der Waals surface area contributed by atoms with Gasteiger partial charge in [0.2, 0.25) is 5.91 Å². The summed E-state index contributed by atoms with van der Waals surface area (Å²) in [6, 6.07) is 13.5. The fourth-order valence-corrected chi connectivity index (χ4v) is 6.42. The molecule has 50 heavy (non-hydrogen) atoms. The smallest absolute Gasteiger partial charge is 0.322 e. The zero-order valence-corrected chi connectivity index (χ0v) is 28.2. The first-order valence-electron chi connectivity index (χ1n) is 16.1. The van der Waals surface area contributed by atoms with E-state index < -0.39 is 48.9 Å². The largest absolute Gasteiger partial charge is 0.394 e. The molecule has 264 valence electrons. The number of aldehydes is 1. The number of piperidine rings is 1. The number of likely N-dealkylation sites (tertiary alicyclic amines) is 1. The summed E-state index contributed by atoms with van der Waals surface area (Å²) in [7, 11) is 0. The molecular formula is C36H37ClF3N5O5. The Balaban J connectivity index is 1.36. The van der Waals surface area contributed by atoms with Crippen LogP contribution in [0.25, 0.3) is 22.0 Å². The standard InChI is InChI=1S/C36H37ClF3N5O5/c1-22(19-46)45(25(20-47)16-41-31-10-5-8-27(34(31)38)26-7-3-4-9-30(26)37)33(49)18-44-17-29(23(2)48)28-15-24(11-12-32(28)44)42-35(50)43-14-6-13-36(39,40)21-43/h3-5,7-12,15,17,20,22,25,41,46H,6,13-14,16,18-19,21H2,1-2H3,(H,42,50)/t22-,25?/m1/s1. The first-order chi connectivity index (χ1) is 23.8. The van der Waals surface area contributed by atoms with Crippen molar-refractivity contribution < 1.29 is 37.5 Å². The lowest BCUT2D eigenvalue weighted by Crippen LogP contribution is -2.52. The molecule has 3 N–H and O–H groups in total. The van der Waals surface area contributed by atoms with Gasteiger partial charge in [-0.15, -0.1) is 0 Å². The Labute approximate surface area is 291 Å². The third-order valence-corrected chi connectivity index (χ3v) is 9.03. The average Bonchev–Trinajstić information content (AvgIpc) is 3.44. The molecule has 0 aliphatic carbocycles. The van der Waals surface area contributed by atoms with Crippen LogP contribution >= 0.6 is 11.6 Å². The van der Waals surface area contributed by atoms with Gasteiger partial charge in [0.15, 0.2) is 11.6 Å². The number of ketones is 1. The highest BCUT2D eigenvalue weighted by Crippen LogP contribution is 2.33. The maximum absolute atomic E-state index is 15.6. The summed E-state index contributed by atoms with van der Waals surface area (Å²) in [4.78, 5) is 53.9. The number of Topliss-reactive ketones (excluding diaryl/α,β-unsaturated/α-hetero) is 1. The van der Waals surface area contributed by atoms with Crippen LogP contribution in [0.1, 0.15) is 37.0 Å². The predicted molar refractivity (Wildman–Crippen MR) is 185 cm³/mol. The summed E-state index contributed by atoms with van der Waals surface area (Å²) in [5, 5.41) is 16.3. The fourth-order valence-electron chi connectivity index (χ4n) is 6.18. The number of hydrogen-bond acceptors (Lipinski definition) is 6. The van der Waals surface area contributed by atoms with Gasteiger partial charge in [-0.1, -0.05) is 41.9 Å². The molecule has 5 rings (SSSR count). The summed E-state index contributed by atoms with van der Waals surface area (Å²) in [5.74, 6) is -4.45. The Morgan fingerprint density at radius 2 is 1.84 bits per heavy atom. The van der Waals surface area contributed by atoms with Gasteiger partial charge >= 0.3 is 6.03 Å². The van der Waals surface area contributed by atoms with E-state index >= 15 is 4.39 Å². The highest BCUT2D eigenvalue weighted by Gasteiger charge is 2.37. The van der Waals surface area contributed by atoms with Crippen molar-refractivity contribution in [1.82, 2.24) is 14.4 Å². The molecule has 1 aliphatic rings. The number of anilines is 2. The second-order valence-corrected chi connectivity index (χ2v) is 12.7. The van der Waals surface area contributed by atoms with Crippen LogP contribution in [0.15, 0.2) is 66.9 Å². The number of amides is 3. The lowest BCUT2D eigenvalue weighted by atomic mass is 10.0. The number of nitrogens with zero attached hydrogens (tertiary/aromatic N) is 3. The number of halogens is 4. The van der Waals surface area contributed by atoms with E-state index in [4.69, 9.17) is 11.6 Å². The van der Waals surface area contributed by atoms with Crippen molar-refractivity contribution in [3.05, 3.63) is 83.3 Å². The highest BCUT2D eigenvalue weighted by atomic mass is 35.5. The van der Waals surface area contributed by atoms with E-state index in [9.17, 15) is 33.1 Å². The van der Waals surface area contributed by atoms with E-state index in [-0.39, 0.29) is 60.8 Å². The molecule has 3 amide bonds. The Morgan fingerprint density at radius 1 is 1.10 bits per heavy atom. The second kappa shape index (κ2) is 15.3. The van der Waals surface area contributed by atoms with Gasteiger partial charge in [-0.05, 0) is 50.6 Å². The van der Waals surface area contributed by atoms with Gasteiger partial charge in [0.25, 0.3) is 5.92 Å². The number of nitrogens with one attached hydrogen (secondary N) is 2. The molecule has 0 radical (unpaired) electrons. The average molecular weight is 712 g/mol. The lowest BCUT2D eigenvalue weighted by Gasteiger charge is -2.33. The molecule has 1 unspecified atom stereocenters. The van der Waals surface area contributed by atoms with Crippen LogP contribution in [-0.2, 0) is 16.1 Å². The topological polar surface area (TPSA) is 124 Å². The number of aliphatic hydroxyl groups excluding tert-OH is 1. The quantitative estimate of drug-likeness (QED) is 0.115. The van der Waals surface area contributed by atoms with E-state index in [0.29, 0.717) is 27.8 Å². The first kappa shape index (κ1) is 36.4. The van der Waals surface area contributed by atoms with Crippen molar-refractivity contribution >= 4 is 57.9 Å². The third-order valence-electron chi connectivity index (χ3n) is 8.70. The molecule has 1 saturated heterocycles. The van der Waals surface area contributed by atoms with Gasteiger partial charge in [-0.3, -0.25) is 9.59 Å². The summed E-state index contributed by atoms with van der Waals surface area (Å²) >= 11 is 6.28. The minimum atomic E-state index is -2.97. The number of aromatic nitrogens is 1. The van der Waals surface area contributed by atoms with Crippen LogP contribution in [0.5, 0.6) is 0 Å². The summed E-state index contributed by atoms with van der Waals surface area (Å²) in [6.45, 7) is 1.42. The van der Waals surface area contributed by atoms with E-state index in [1.165, 1.54) is 40.8 Å². The molecule has 0 saturated carbocycles. The van der Waals surface area contributed by atoms with Gasteiger partial charge < -0.3 is 34.9 Å². The molecule has 1 aromatic heterocycles. The number of fused-ring (bicyclic) bond motifs is 1. The summed E-state index contributed by atoms with van der Waals surface area (Å²) in [5.41, 5.74) is 1.79. The normalized spacial score (nSPS) is 15.3. The fraction of sp³-hybridized carbons (Fsp3) is 0.333. The molecule has 2 atom stereocenters. The van der Waals surface area contributed by atoms with Gasteiger partial charge in [-0.25, -0.2) is 18.0 Å². The molecule has 0 spiro atoms. The molecule has 0 bridgehead atoms. The van der Waals surface area contributed by atoms with Crippen molar-refractivity contribution in [3.8, 4) is 11.1 Å². The van der Waals surface area contributed by atoms with Crippen molar-refractivity contribution in [3.63, 3.8) is 0 Å². The minimum Gasteiger partial charge on any atom is -0.394 e. The van der Waals surface area contributed by atoms with Crippen molar-refractivity contribution in [2.75, 3.05) is 36.9 Å². The molecule has 4 aromatic rings. The maximum atomic E-state index is 15.6. The van der Waals surface area contributed by atoms with Crippen LogP contribution in [-0.4, -0.2) is 87.7 Å². The highest BCUT2D eigenvalue weighted by molar-refractivity contribution is 6.33. The summed E-state index contributed by atoms with van der Waals surface area (Å²) in [6.07, 6.45) is 1.90. The molecule has 10 nitrogen and oxygen atoms in total. The SMILES string of the molecule is CC(=O)c1cn(CC(=O)N(C(C=O)CNc2cccc(-c3ccccc3Cl)c2F)[C@H](C)CO)c2ccc(NC(=O)N3CCCC(F)(F)C3)cc12. The number of rotatable bonds is 12. The number of aliphatic hydroxyl groups is 1. The van der Waals surface area contributed by atoms with Crippen LogP contribution in [0.2, 0.25) is 5.02 Å². The van der Waals surface area contributed by atoms with Gasteiger partial charge in [-0.2, -0.15) is 0 Å². The van der Waals surface area contributed by atoms with Gasteiger partial charge in [0, 0.05) is 64.0 Å². The third kappa shape index (κ3) is 7.95. The van der Waals surface area contributed by atoms with Crippen LogP contribution in [0.4, 0.5) is 29.3 Å². The number of carbonyl (C=O) groups is 4. The molecule has 3 aromatic carbocycles. The molecule has 2 heterocycles. The van der Waals surface area contributed by atoms with Crippen LogP contribution < -0.4 is 10.6 Å². The monoisotopic (exact) mass is 711 g/mol. The Bertz CT molecular complexity index is 1920. The summed E-state index contributed by atoms with van der Waals surface area (Å²) < 4.78 is 44.9. The zero-order valence-electron chi connectivity index (χ0n) is 27.5. The Morgan fingerprint density at radius 3 is 2.52 bits per heavy atom. The van der Waals surface area contributed by atoms with Gasteiger partial charge in [0.05, 0.1) is 24.9 Å². The van der Waals surface area contributed by atoms with Crippen LogP contribution in [0, 0.1) is 5.82 Å². The Hall–Kier alpha value is -4.88. The number of benzene rings is 3. The van der Waals surface area contributed by atoms with E-state index in [1.54, 1.807) is 49.4 Å². The first-order valence-corrected chi connectivity index (χ1v) is 16.4. The molecule has 1 fully saturated rings. The zero-order chi connectivity index (χ0) is 36.2. The van der Waals surface area contributed by atoms with E-state index in [0.717, 1.165) is 4.90 Å². The van der Waals surface area contributed by atoms with Crippen molar-refractivity contribution in [2.45, 2.75) is 51.2 Å². The van der Waals surface area contributed by atoms with Gasteiger partial charge in [0.1, 0.15) is 18.9 Å². The minimum absolute atomic E-state index is 0.0812. The molecule has 1 aliphatic heterocycles. The molecule has 14 heteroatoms. The van der Waals surface area contributed by atoms with E-state index in [2.05, 4.69) is 10.6 Å². The lowest BCUT2D eigenvalue weighted by molar-refractivity contribution is -0.139. The second-order valence-electron chi connectivity index (χ2n) is 12.3. The number of carbonyl (C=O) groups excluding carboxylic acids is 4. The van der Waals surface area contributed by atoms with Crippen molar-refractivity contribution in [1.29, 1.82) is 0 Å².